The number of thiophene rings is 1. The highest BCUT2D eigenvalue weighted by molar-refractivity contribution is 7.13. The molecule has 0 bridgehead atoms. The van der Waals surface area contributed by atoms with E-state index in [1.165, 1.54) is 23.1 Å². The van der Waals surface area contributed by atoms with E-state index in [9.17, 15) is 0 Å². The summed E-state index contributed by atoms with van der Waals surface area (Å²) in [6.07, 6.45) is 7.78. The number of thiazole rings is 1. The van der Waals surface area contributed by atoms with Crippen molar-refractivity contribution in [2.75, 3.05) is 43.0 Å². The van der Waals surface area contributed by atoms with E-state index in [1.54, 1.807) is 68.9 Å². The SMILES string of the molecule is COc1ccc(-c2ccccc2)cc1Nc1nc(N)nc2n[nH]c(-c3ccco3)c12.COc1ccc(-c2csc(C)n2)cc1Nc1ncnc2n[nH]c(-c3ccco3)c12.COc1ccc(-c2sccc2C)cc1Nc1ncnc2n[nH]c(-c3ccco3)c12. The number of nitrogens with zero attached hydrogens (tertiary/aromatic N) is 10. The summed E-state index contributed by atoms with van der Waals surface area (Å²) in [5.41, 5.74) is 18.3. The number of nitrogens with one attached hydrogen (secondary N) is 6. The fraction of sp³-hybridized carbons (Fsp3) is 0.0794. The molecule has 436 valence electrons. The minimum atomic E-state index is 0.112. The number of aromatic amines is 3. The molecule has 0 fully saturated rings. The minimum Gasteiger partial charge on any atom is -0.495 e. The Morgan fingerprint density at radius 2 is 0.955 bits per heavy atom. The monoisotopic (exact) mass is 1210 g/mol. The van der Waals surface area contributed by atoms with Crippen molar-refractivity contribution in [3.8, 4) is 84.4 Å². The highest BCUT2D eigenvalue weighted by Crippen LogP contribution is 2.41. The van der Waals surface area contributed by atoms with E-state index in [1.807, 2.05) is 103 Å². The Kier molecular flexibility index (Phi) is 15.4. The van der Waals surface area contributed by atoms with Gasteiger partial charge in [-0.25, -0.2) is 24.9 Å². The van der Waals surface area contributed by atoms with Gasteiger partial charge in [-0.2, -0.15) is 25.3 Å². The van der Waals surface area contributed by atoms with Gasteiger partial charge >= 0.3 is 0 Å². The molecule has 0 unspecified atom stereocenters. The van der Waals surface area contributed by atoms with Crippen LogP contribution in [-0.4, -0.2) is 86.8 Å². The largest absolute Gasteiger partial charge is 0.495 e. The topological polar surface area (TPSA) is 305 Å². The van der Waals surface area contributed by atoms with Gasteiger partial charge in [-0.3, -0.25) is 15.3 Å². The Hall–Kier alpha value is -11.7. The molecule has 0 aliphatic heterocycles. The van der Waals surface area contributed by atoms with Gasteiger partial charge in [0.15, 0.2) is 34.2 Å². The third-order valence-electron chi connectivity index (χ3n) is 13.9. The highest BCUT2D eigenvalue weighted by Gasteiger charge is 2.22. The Balaban J connectivity index is 0.000000122. The van der Waals surface area contributed by atoms with Crippen molar-refractivity contribution in [1.82, 2.24) is 65.5 Å². The summed E-state index contributed by atoms with van der Waals surface area (Å²) < 4.78 is 33.3. The summed E-state index contributed by atoms with van der Waals surface area (Å²) in [5.74, 6) is 5.86. The summed E-state index contributed by atoms with van der Waals surface area (Å²) in [5, 5.41) is 39.2. The molecule has 8 N–H and O–H groups in total. The van der Waals surface area contributed by atoms with Crippen LogP contribution in [0.15, 0.2) is 183 Å². The van der Waals surface area contributed by atoms with Crippen LogP contribution < -0.4 is 35.9 Å². The van der Waals surface area contributed by atoms with Crippen molar-refractivity contribution in [1.29, 1.82) is 0 Å². The molecule has 0 spiro atoms. The molecule has 0 radical (unpaired) electrons. The van der Waals surface area contributed by atoms with E-state index in [0.29, 0.717) is 79.9 Å². The van der Waals surface area contributed by atoms with Crippen LogP contribution >= 0.6 is 22.7 Å². The second-order valence-corrected chi connectivity index (χ2v) is 21.3. The quantitative estimate of drug-likeness (QED) is 0.0502. The van der Waals surface area contributed by atoms with Gasteiger partial charge in [0.25, 0.3) is 0 Å². The number of aromatic nitrogens is 13. The zero-order valence-electron chi connectivity index (χ0n) is 47.5. The lowest BCUT2D eigenvalue weighted by Crippen LogP contribution is -2.02. The Morgan fingerprint density at radius 1 is 0.466 bits per heavy atom. The third-order valence-corrected chi connectivity index (χ3v) is 15.8. The van der Waals surface area contributed by atoms with Gasteiger partial charge in [0.05, 0.1) is 84.0 Å². The molecule has 23 nitrogen and oxygen atoms in total. The summed E-state index contributed by atoms with van der Waals surface area (Å²) in [7, 11) is 4.91. The second-order valence-electron chi connectivity index (χ2n) is 19.4. The average Bonchev–Trinajstić information content (AvgIpc) is 2.36. The molecule has 0 aliphatic carbocycles. The molecule has 0 amide bonds. The van der Waals surface area contributed by atoms with Gasteiger partial charge in [-0.1, -0.05) is 36.4 Å². The lowest BCUT2D eigenvalue weighted by atomic mass is 10.0. The number of nitrogens with two attached hydrogens (primary N) is 1. The normalized spacial score (nSPS) is 11.1. The number of hydrogen-bond donors (Lipinski definition) is 7. The lowest BCUT2D eigenvalue weighted by Gasteiger charge is -2.14. The molecule has 0 aliphatic rings. The number of ether oxygens (including phenoxy) is 3. The van der Waals surface area contributed by atoms with Crippen LogP contribution in [0.2, 0.25) is 0 Å². The van der Waals surface area contributed by atoms with Crippen LogP contribution in [0.3, 0.4) is 0 Å². The van der Waals surface area contributed by atoms with E-state index in [2.05, 4.69) is 124 Å². The number of anilines is 7. The first kappa shape index (κ1) is 55.5. The molecule has 4 aromatic carbocycles. The fourth-order valence-corrected chi connectivity index (χ4v) is 11.4. The van der Waals surface area contributed by atoms with Gasteiger partial charge in [-0.05, 0) is 132 Å². The van der Waals surface area contributed by atoms with Gasteiger partial charge in [0.1, 0.15) is 64.4 Å². The molecule has 15 aromatic rings. The lowest BCUT2D eigenvalue weighted by molar-refractivity contribution is 0.417. The van der Waals surface area contributed by atoms with Crippen molar-refractivity contribution in [3.63, 3.8) is 0 Å². The van der Waals surface area contributed by atoms with Crippen molar-refractivity contribution in [2.45, 2.75) is 13.8 Å². The van der Waals surface area contributed by atoms with E-state index in [4.69, 9.17) is 33.2 Å². The van der Waals surface area contributed by atoms with E-state index >= 15 is 0 Å². The van der Waals surface area contributed by atoms with E-state index in [-0.39, 0.29) is 5.95 Å². The molecule has 11 heterocycles. The standard InChI is InChI=1S/C22H18N6O2.C21H17N5O2S.C20H16N6O2S/c1-29-16-10-9-14(13-6-3-2-4-7-13)12-15(16)24-20-18-19(17-8-5-11-30-17)27-28-21(18)26-22(23)25-20;1-12-7-9-29-19(12)13-5-6-15(27-2)14(10-13)24-20-17-18(16-4-3-8-28-16)25-26-21(17)23-11-22-20;1-11-23-14(9-29-11)12-5-6-15(27-2)13(8-12)24-19-17-18(16-4-3-7-28-16)25-26-20(17)22-10-21-19/h2-12H,1H3,(H4,23,24,25,26,27,28);3-11H,1-2H3,(H2,22,23,24,25,26);3-10H,1-2H3,(H2,21,22,24,25,26). The first-order chi connectivity index (χ1) is 43.2. The van der Waals surface area contributed by atoms with Crippen LogP contribution in [-0.2, 0) is 0 Å². The number of furan rings is 3. The number of rotatable bonds is 15. The van der Waals surface area contributed by atoms with Gasteiger partial charge in [0, 0.05) is 15.8 Å². The number of aryl methyl sites for hydroxylation is 2. The van der Waals surface area contributed by atoms with Crippen molar-refractivity contribution in [2.24, 2.45) is 0 Å². The number of fused-ring (bicyclic) bond motifs is 3. The number of methoxy groups -OCH3 is 3. The molecule has 0 atom stereocenters. The van der Waals surface area contributed by atoms with Crippen LogP contribution in [0.1, 0.15) is 10.6 Å². The Morgan fingerprint density at radius 3 is 1.44 bits per heavy atom. The van der Waals surface area contributed by atoms with Gasteiger partial charge in [-0.15, -0.1) is 22.7 Å². The third kappa shape index (κ3) is 11.3. The molecule has 15 rings (SSSR count). The van der Waals surface area contributed by atoms with E-state index in [0.717, 1.165) is 72.2 Å². The van der Waals surface area contributed by atoms with Crippen molar-refractivity contribution in [3.05, 3.63) is 180 Å². The molecular formula is C63H51N17O6S2. The molecule has 25 heteroatoms. The molecule has 0 saturated heterocycles. The zero-order valence-corrected chi connectivity index (χ0v) is 49.1. The van der Waals surface area contributed by atoms with Crippen LogP contribution in [0.25, 0.3) is 100 Å². The number of hydrogen-bond acceptors (Lipinski definition) is 22. The molecular weight excluding hydrogens is 1150 g/mol. The summed E-state index contributed by atoms with van der Waals surface area (Å²) in [6, 6.07) is 41.1. The molecule has 0 saturated carbocycles. The zero-order chi connectivity index (χ0) is 60.1. The minimum absolute atomic E-state index is 0.112. The van der Waals surface area contributed by atoms with E-state index < -0.39 is 0 Å². The summed E-state index contributed by atoms with van der Waals surface area (Å²) >= 11 is 3.33. The average molecular weight is 1210 g/mol. The number of nitrogen functional groups attached to an aromatic ring is 1. The maximum Gasteiger partial charge on any atom is 0.224 e. The maximum atomic E-state index is 5.93. The van der Waals surface area contributed by atoms with Crippen LogP contribution in [0.5, 0.6) is 17.2 Å². The maximum absolute atomic E-state index is 5.93. The number of H-pyrrole nitrogens is 3. The molecule has 11 aromatic heterocycles. The van der Waals surface area contributed by atoms with Crippen molar-refractivity contribution >= 4 is 96.2 Å². The van der Waals surface area contributed by atoms with Gasteiger partial charge in [0.2, 0.25) is 5.95 Å². The number of benzene rings is 4. The first-order valence-corrected chi connectivity index (χ1v) is 28.8. The fourth-order valence-electron chi connectivity index (χ4n) is 9.81. The molecule has 88 heavy (non-hydrogen) atoms. The summed E-state index contributed by atoms with van der Waals surface area (Å²) in [6.45, 7) is 4.10. The predicted molar refractivity (Wildman–Crippen MR) is 341 cm³/mol. The van der Waals surface area contributed by atoms with Gasteiger partial charge < -0.3 is 49.1 Å². The highest BCUT2D eigenvalue weighted by atomic mass is 32.1. The second kappa shape index (κ2) is 24.5. The predicted octanol–water partition coefficient (Wildman–Crippen LogP) is 14.8. The smallest absolute Gasteiger partial charge is 0.224 e. The van der Waals surface area contributed by atoms with Crippen LogP contribution in [0.4, 0.5) is 40.5 Å². The van der Waals surface area contributed by atoms with Crippen LogP contribution in [0, 0.1) is 13.8 Å². The Labute approximate surface area is 508 Å². The van der Waals surface area contributed by atoms with Crippen molar-refractivity contribution < 1.29 is 27.5 Å². The summed E-state index contributed by atoms with van der Waals surface area (Å²) in [4.78, 5) is 31.8. The first-order valence-electron chi connectivity index (χ1n) is 27.1. The Bertz CT molecular complexity index is 4860.